The summed E-state index contributed by atoms with van der Waals surface area (Å²) in [5.74, 6) is -0.851. The van der Waals surface area contributed by atoms with Crippen molar-refractivity contribution in [2.75, 3.05) is 11.9 Å². The van der Waals surface area contributed by atoms with Gasteiger partial charge in [0.2, 0.25) is 5.91 Å². The van der Waals surface area contributed by atoms with E-state index in [2.05, 4.69) is 5.32 Å². The summed E-state index contributed by atoms with van der Waals surface area (Å²) >= 11 is 0.858. The predicted molar refractivity (Wildman–Crippen MR) is 120 cm³/mol. The van der Waals surface area contributed by atoms with E-state index in [1.165, 1.54) is 0 Å². The number of hydrogen-bond acceptors (Lipinski definition) is 4. The Morgan fingerprint density at radius 3 is 2.50 bits per heavy atom. The Morgan fingerprint density at radius 2 is 1.77 bits per heavy atom. The smallest absolute Gasteiger partial charge is 0.294 e. The van der Waals surface area contributed by atoms with Gasteiger partial charge in [-0.3, -0.25) is 19.3 Å². The van der Waals surface area contributed by atoms with Crippen LogP contribution >= 0.6 is 11.8 Å². The van der Waals surface area contributed by atoms with Gasteiger partial charge in [-0.25, -0.2) is 0 Å². The highest BCUT2D eigenvalue weighted by Crippen LogP contribution is 2.34. The van der Waals surface area contributed by atoms with Crippen LogP contribution in [0.3, 0.4) is 0 Å². The first-order chi connectivity index (χ1) is 14.3. The molecule has 30 heavy (non-hydrogen) atoms. The number of carbonyl (C=O) groups is 3. The fourth-order valence-electron chi connectivity index (χ4n) is 3.60. The van der Waals surface area contributed by atoms with Crippen LogP contribution in [0, 0.1) is 13.8 Å². The van der Waals surface area contributed by atoms with Gasteiger partial charge in [0.1, 0.15) is 6.54 Å². The summed E-state index contributed by atoms with van der Waals surface area (Å²) in [6.07, 6.45) is 3.64. The summed E-state index contributed by atoms with van der Waals surface area (Å²) in [5, 5.41) is 3.38. The lowest BCUT2D eigenvalue weighted by Gasteiger charge is -2.15. The number of aromatic nitrogens is 1. The van der Waals surface area contributed by atoms with Gasteiger partial charge in [-0.1, -0.05) is 36.4 Å². The van der Waals surface area contributed by atoms with Gasteiger partial charge in [0, 0.05) is 35.4 Å². The third kappa shape index (κ3) is 3.64. The van der Waals surface area contributed by atoms with E-state index in [1.54, 1.807) is 6.08 Å². The number of anilines is 1. The van der Waals surface area contributed by atoms with Crippen LogP contribution in [0.1, 0.15) is 16.7 Å². The maximum atomic E-state index is 12.8. The van der Waals surface area contributed by atoms with Crippen LogP contribution in [0.15, 0.2) is 53.6 Å². The number of imide groups is 1. The molecule has 3 aromatic rings. The lowest BCUT2D eigenvalue weighted by Crippen LogP contribution is -2.36. The van der Waals surface area contributed by atoms with Crippen molar-refractivity contribution in [3.8, 4) is 0 Å². The zero-order valence-corrected chi connectivity index (χ0v) is 17.7. The first-order valence-corrected chi connectivity index (χ1v) is 10.3. The Hall–Kier alpha value is -3.32. The maximum absolute atomic E-state index is 12.8. The number of aryl methyl sites for hydroxylation is 3. The average Bonchev–Trinajstić information content (AvgIpc) is 3.16. The molecular formula is C23H21N3O3S. The Morgan fingerprint density at radius 1 is 1.07 bits per heavy atom. The van der Waals surface area contributed by atoms with Crippen LogP contribution in [0.25, 0.3) is 17.0 Å². The molecule has 0 spiro atoms. The number of thioether (sulfide) groups is 1. The lowest BCUT2D eigenvalue weighted by atomic mass is 10.1. The molecule has 0 saturated carbocycles. The molecule has 1 N–H and O–H groups in total. The van der Waals surface area contributed by atoms with Gasteiger partial charge < -0.3 is 9.88 Å². The number of hydrogen-bond donors (Lipinski definition) is 1. The molecule has 1 fully saturated rings. The van der Waals surface area contributed by atoms with Crippen LogP contribution in [-0.2, 0) is 16.6 Å². The minimum absolute atomic E-state index is 0.314. The van der Waals surface area contributed by atoms with Gasteiger partial charge in [-0.15, -0.1) is 0 Å². The molecule has 4 rings (SSSR count). The highest BCUT2D eigenvalue weighted by molar-refractivity contribution is 8.18. The number of fused-ring (bicyclic) bond motifs is 1. The molecule has 1 aromatic heterocycles. The monoisotopic (exact) mass is 419 g/mol. The molecule has 0 aliphatic carbocycles. The van der Waals surface area contributed by atoms with Crippen LogP contribution in [0.5, 0.6) is 0 Å². The van der Waals surface area contributed by atoms with Gasteiger partial charge in [0.25, 0.3) is 11.1 Å². The molecule has 1 saturated heterocycles. The van der Waals surface area contributed by atoms with Crippen molar-refractivity contribution in [3.05, 3.63) is 70.3 Å². The lowest BCUT2D eigenvalue weighted by molar-refractivity contribution is -0.127. The topological polar surface area (TPSA) is 71.4 Å². The van der Waals surface area contributed by atoms with Crippen molar-refractivity contribution in [2.45, 2.75) is 13.8 Å². The van der Waals surface area contributed by atoms with E-state index >= 15 is 0 Å². The zero-order chi connectivity index (χ0) is 21.4. The Bertz CT molecular complexity index is 1210. The summed E-state index contributed by atoms with van der Waals surface area (Å²) in [5.41, 5.74) is 4.46. The van der Waals surface area contributed by atoms with Crippen molar-refractivity contribution >= 4 is 51.5 Å². The Kier molecular flexibility index (Phi) is 5.22. The van der Waals surface area contributed by atoms with Crippen molar-refractivity contribution < 1.29 is 14.4 Å². The predicted octanol–water partition coefficient (Wildman–Crippen LogP) is 4.47. The second kappa shape index (κ2) is 7.84. The average molecular weight is 420 g/mol. The number of rotatable bonds is 4. The molecule has 0 unspecified atom stereocenters. The van der Waals surface area contributed by atoms with Crippen molar-refractivity contribution in [1.29, 1.82) is 0 Å². The molecule has 6 nitrogen and oxygen atoms in total. The highest BCUT2D eigenvalue weighted by Gasteiger charge is 2.36. The molecule has 0 bridgehead atoms. The van der Waals surface area contributed by atoms with Crippen molar-refractivity contribution in [1.82, 2.24) is 9.47 Å². The van der Waals surface area contributed by atoms with E-state index in [0.717, 1.165) is 44.3 Å². The van der Waals surface area contributed by atoms with Gasteiger partial charge >= 0.3 is 0 Å². The summed E-state index contributed by atoms with van der Waals surface area (Å²) in [7, 11) is 1.93. The van der Waals surface area contributed by atoms with Gasteiger partial charge in [-0.05, 0) is 48.9 Å². The number of benzene rings is 2. The number of nitrogens with zero attached hydrogens (tertiary/aromatic N) is 2. The SMILES string of the molecule is Cc1cccc(C)c1NC(=O)CN1C(=O)S/C(=C/c2cn(C)c3ccccc23)C1=O. The first-order valence-electron chi connectivity index (χ1n) is 9.50. The van der Waals surface area contributed by atoms with Crippen molar-refractivity contribution in [3.63, 3.8) is 0 Å². The summed E-state index contributed by atoms with van der Waals surface area (Å²) in [6, 6.07) is 13.6. The van der Waals surface area contributed by atoms with Crippen LogP contribution in [0.2, 0.25) is 0 Å². The Labute approximate surface area is 178 Å². The summed E-state index contributed by atoms with van der Waals surface area (Å²) < 4.78 is 1.98. The normalized spacial score (nSPS) is 15.4. The fraction of sp³-hybridized carbons (Fsp3) is 0.174. The summed E-state index contributed by atoms with van der Waals surface area (Å²) in [4.78, 5) is 39.1. The quantitative estimate of drug-likeness (QED) is 0.634. The zero-order valence-electron chi connectivity index (χ0n) is 16.9. The molecule has 0 atom stereocenters. The molecule has 1 aliphatic heterocycles. The van der Waals surface area contributed by atoms with Crippen LogP contribution in [0.4, 0.5) is 10.5 Å². The number of carbonyl (C=O) groups excluding carboxylic acids is 3. The van der Waals surface area contributed by atoms with E-state index in [1.807, 2.05) is 74.1 Å². The molecule has 1 aliphatic rings. The van der Waals surface area contributed by atoms with Crippen molar-refractivity contribution in [2.24, 2.45) is 7.05 Å². The molecule has 0 radical (unpaired) electrons. The maximum Gasteiger partial charge on any atom is 0.294 e. The summed E-state index contributed by atoms with van der Waals surface area (Å²) in [6.45, 7) is 3.48. The molecule has 2 aromatic carbocycles. The molecule has 2 heterocycles. The third-order valence-electron chi connectivity index (χ3n) is 5.14. The second-order valence-corrected chi connectivity index (χ2v) is 8.29. The number of para-hydroxylation sites is 2. The number of amides is 3. The first kappa shape index (κ1) is 20.0. The van der Waals surface area contributed by atoms with E-state index in [0.29, 0.717) is 10.6 Å². The van der Waals surface area contributed by atoms with Gasteiger partial charge in [-0.2, -0.15) is 0 Å². The molecule has 3 amide bonds. The fourth-order valence-corrected chi connectivity index (χ4v) is 4.43. The second-order valence-electron chi connectivity index (χ2n) is 7.30. The standard InChI is InChI=1S/C23H21N3O3S/c1-14-7-6-8-15(2)21(14)24-20(27)13-26-22(28)19(30-23(26)29)11-16-12-25(3)18-10-5-4-9-17(16)18/h4-12H,13H2,1-3H3,(H,24,27)/b19-11+. The van der Waals surface area contributed by atoms with E-state index in [-0.39, 0.29) is 6.54 Å². The van der Waals surface area contributed by atoms with E-state index in [9.17, 15) is 14.4 Å². The highest BCUT2D eigenvalue weighted by atomic mass is 32.2. The number of nitrogens with one attached hydrogen (secondary N) is 1. The van der Waals surface area contributed by atoms with Gasteiger partial charge in [0.15, 0.2) is 0 Å². The Balaban J connectivity index is 1.54. The third-order valence-corrected chi connectivity index (χ3v) is 6.04. The minimum atomic E-state index is -0.449. The van der Waals surface area contributed by atoms with Gasteiger partial charge in [0.05, 0.1) is 4.91 Å². The van der Waals surface area contributed by atoms with E-state index < -0.39 is 17.1 Å². The van der Waals surface area contributed by atoms with Crippen LogP contribution < -0.4 is 5.32 Å². The largest absolute Gasteiger partial charge is 0.350 e. The van der Waals surface area contributed by atoms with Crippen LogP contribution in [-0.4, -0.2) is 33.1 Å². The minimum Gasteiger partial charge on any atom is -0.350 e. The molecular weight excluding hydrogens is 398 g/mol. The molecule has 152 valence electrons. The molecule has 7 heteroatoms. The van der Waals surface area contributed by atoms with E-state index in [4.69, 9.17) is 0 Å².